The average Bonchev–Trinajstić information content (AvgIpc) is 2.80. The normalized spacial score (nSPS) is 19.5. The summed E-state index contributed by atoms with van der Waals surface area (Å²) < 4.78 is 1.82. The fourth-order valence-corrected chi connectivity index (χ4v) is 2.56. The largest absolute Gasteiger partial charge is 0.481 e. The van der Waals surface area contributed by atoms with Crippen LogP contribution in [0.2, 0.25) is 0 Å². The van der Waals surface area contributed by atoms with Crippen molar-refractivity contribution in [3.05, 3.63) is 18.5 Å². The standard InChI is InChI=1S/C12H18N2O2/c15-11(16)12(5-2-1-3-6-12)7-10-14-9-4-8-13-14/h4,8-9H,1-3,5-7,10H2,(H,15,16). The number of aliphatic carboxylic acids is 1. The number of carboxylic acid groups (broad SMARTS) is 1. The van der Waals surface area contributed by atoms with Crippen molar-refractivity contribution in [3.63, 3.8) is 0 Å². The number of rotatable bonds is 4. The highest BCUT2D eigenvalue weighted by Gasteiger charge is 2.39. The molecule has 1 saturated carbocycles. The van der Waals surface area contributed by atoms with Crippen LogP contribution in [0.15, 0.2) is 18.5 Å². The van der Waals surface area contributed by atoms with Crippen molar-refractivity contribution in [2.75, 3.05) is 0 Å². The monoisotopic (exact) mass is 222 g/mol. The molecule has 0 radical (unpaired) electrons. The van der Waals surface area contributed by atoms with E-state index in [1.54, 1.807) is 6.20 Å². The lowest BCUT2D eigenvalue weighted by Gasteiger charge is -2.33. The fourth-order valence-electron chi connectivity index (χ4n) is 2.56. The molecule has 0 saturated heterocycles. The van der Waals surface area contributed by atoms with Gasteiger partial charge in [0.2, 0.25) is 0 Å². The van der Waals surface area contributed by atoms with Crippen molar-refractivity contribution < 1.29 is 9.90 Å². The number of hydrogen-bond donors (Lipinski definition) is 1. The minimum absolute atomic E-state index is 0.496. The van der Waals surface area contributed by atoms with Gasteiger partial charge in [0.25, 0.3) is 0 Å². The van der Waals surface area contributed by atoms with Crippen LogP contribution in [0.5, 0.6) is 0 Å². The van der Waals surface area contributed by atoms with E-state index in [0.717, 1.165) is 25.7 Å². The zero-order valence-corrected chi connectivity index (χ0v) is 9.43. The molecule has 1 fully saturated rings. The molecule has 1 N–H and O–H groups in total. The summed E-state index contributed by atoms with van der Waals surface area (Å²) in [6, 6.07) is 1.87. The third-order valence-corrected chi connectivity index (χ3v) is 3.64. The highest BCUT2D eigenvalue weighted by Crippen LogP contribution is 2.39. The first-order valence-electron chi connectivity index (χ1n) is 5.94. The van der Waals surface area contributed by atoms with E-state index in [-0.39, 0.29) is 0 Å². The van der Waals surface area contributed by atoms with E-state index in [9.17, 15) is 9.90 Å². The van der Waals surface area contributed by atoms with Gasteiger partial charge in [-0.05, 0) is 25.3 Å². The predicted octanol–water partition coefficient (Wildman–Crippen LogP) is 2.31. The first-order valence-corrected chi connectivity index (χ1v) is 5.94. The molecule has 0 aromatic carbocycles. The second-order valence-corrected chi connectivity index (χ2v) is 4.67. The van der Waals surface area contributed by atoms with Crippen molar-refractivity contribution in [3.8, 4) is 0 Å². The maximum absolute atomic E-state index is 11.4. The molecular weight excluding hydrogens is 204 g/mol. The first kappa shape index (κ1) is 11.2. The maximum Gasteiger partial charge on any atom is 0.309 e. The Morgan fingerprint density at radius 2 is 2.12 bits per heavy atom. The van der Waals surface area contributed by atoms with Crippen LogP contribution in [0.4, 0.5) is 0 Å². The van der Waals surface area contributed by atoms with Gasteiger partial charge < -0.3 is 5.11 Å². The van der Waals surface area contributed by atoms with Gasteiger partial charge in [0, 0.05) is 18.9 Å². The Morgan fingerprint density at radius 1 is 1.38 bits per heavy atom. The molecule has 2 rings (SSSR count). The zero-order valence-electron chi connectivity index (χ0n) is 9.43. The molecule has 1 aliphatic carbocycles. The SMILES string of the molecule is O=C(O)C1(CCn2cccn2)CCCCC1. The van der Waals surface area contributed by atoms with Crippen LogP contribution < -0.4 is 0 Å². The maximum atomic E-state index is 11.4. The van der Waals surface area contributed by atoms with Gasteiger partial charge in [-0.2, -0.15) is 5.10 Å². The molecule has 4 heteroatoms. The summed E-state index contributed by atoms with van der Waals surface area (Å²) in [5, 5.41) is 13.5. The van der Waals surface area contributed by atoms with E-state index in [4.69, 9.17) is 0 Å². The Kier molecular flexibility index (Phi) is 3.27. The Bertz CT molecular complexity index is 340. The molecule has 0 atom stereocenters. The van der Waals surface area contributed by atoms with E-state index in [2.05, 4.69) is 5.10 Å². The van der Waals surface area contributed by atoms with Gasteiger partial charge in [0.1, 0.15) is 0 Å². The fraction of sp³-hybridized carbons (Fsp3) is 0.667. The minimum atomic E-state index is -0.626. The van der Waals surface area contributed by atoms with Crippen molar-refractivity contribution in [2.24, 2.45) is 5.41 Å². The molecule has 0 unspecified atom stereocenters. The van der Waals surface area contributed by atoms with E-state index in [1.807, 2.05) is 16.9 Å². The van der Waals surface area contributed by atoms with Crippen LogP contribution in [0.25, 0.3) is 0 Å². The quantitative estimate of drug-likeness (QED) is 0.850. The van der Waals surface area contributed by atoms with Gasteiger partial charge in [-0.3, -0.25) is 9.48 Å². The minimum Gasteiger partial charge on any atom is -0.481 e. The zero-order chi connectivity index (χ0) is 11.4. The van der Waals surface area contributed by atoms with Crippen molar-refractivity contribution in [1.82, 2.24) is 9.78 Å². The van der Waals surface area contributed by atoms with Gasteiger partial charge in [-0.15, -0.1) is 0 Å². The molecule has 1 aromatic rings. The molecule has 1 aliphatic rings. The van der Waals surface area contributed by atoms with Gasteiger partial charge in [-0.1, -0.05) is 19.3 Å². The van der Waals surface area contributed by atoms with Crippen molar-refractivity contribution >= 4 is 5.97 Å². The summed E-state index contributed by atoms with van der Waals surface area (Å²) in [6.07, 6.45) is 9.23. The van der Waals surface area contributed by atoms with Gasteiger partial charge >= 0.3 is 5.97 Å². The Labute approximate surface area is 95.3 Å². The smallest absolute Gasteiger partial charge is 0.309 e. The lowest BCUT2D eigenvalue weighted by Crippen LogP contribution is -2.34. The van der Waals surface area contributed by atoms with Gasteiger partial charge in [0.05, 0.1) is 5.41 Å². The Hall–Kier alpha value is -1.32. The van der Waals surface area contributed by atoms with Gasteiger partial charge in [0.15, 0.2) is 0 Å². The number of nitrogens with zero attached hydrogens (tertiary/aromatic N) is 2. The lowest BCUT2D eigenvalue weighted by atomic mass is 9.72. The molecule has 16 heavy (non-hydrogen) atoms. The number of aryl methyl sites for hydroxylation is 1. The number of aromatic nitrogens is 2. The van der Waals surface area contributed by atoms with E-state index < -0.39 is 11.4 Å². The van der Waals surface area contributed by atoms with E-state index in [1.165, 1.54) is 6.42 Å². The predicted molar refractivity (Wildman–Crippen MR) is 60.0 cm³/mol. The van der Waals surface area contributed by atoms with Crippen LogP contribution >= 0.6 is 0 Å². The van der Waals surface area contributed by atoms with Crippen molar-refractivity contribution in [2.45, 2.75) is 45.1 Å². The third-order valence-electron chi connectivity index (χ3n) is 3.64. The van der Waals surface area contributed by atoms with Crippen LogP contribution in [0, 0.1) is 5.41 Å². The Morgan fingerprint density at radius 3 is 2.69 bits per heavy atom. The summed E-state index contributed by atoms with van der Waals surface area (Å²) in [5.41, 5.74) is -0.496. The third kappa shape index (κ3) is 2.26. The molecule has 0 amide bonds. The number of hydrogen-bond acceptors (Lipinski definition) is 2. The van der Waals surface area contributed by atoms with Crippen molar-refractivity contribution in [1.29, 1.82) is 0 Å². The summed E-state index contributed by atoms with van der Waals surface area (Å²) in [7, 11) is 0. The number of carbonyl (C=O) groups is 1. The molecule has 0 spiro atoms. The van der Waals surface area contributed by atoms with E-state index >= 15 is 0 Å². The van der Waals surface area contributed by atoms with Crippen LogP contribution in [-0.2, 0) is 11.3 Å². The molecule has 4 nitrogen and oxygen atoms in total. The highest BCUT2D eigenvalue weighted by molar-refractivity contribution is 5.74. The average molecular weight is 222 g/mol. The molecule has 0 bridgehead atoms. The second kappa shape index (κ2) is 4.68. The summed E-state index contributed by atoms with van der Waals surface area (Å²) >= 11 is 0. The van der Waals surface area contributed by atoms with E-state index in [0.29, 0.717) is 13.0 Å². The van der Waals surface area contributed by atoms with Crippen LogP contribution in [0.1, 0.15) is 38.5 Å². The second-order valence-electron chi connectivity index (χ2n) is 4.67. The number of carboxylic acids is 1. The molecule has 1 heterocycles. The van der Waals surface area contributed by atoms with Crippen LogP contribution in [-0.4, -0.2) is 20.9 Å². The van der Waals surface area contributed by atoms with Gasteiger partial charge in [-0.25, -0.2) is 0 Å². The summed E-state index contributed by atoms with van der Waals surface area (Å²) in [4.78, 5) is 11.4. The lowest BCUT2D eigenvalue weighted by molar-refractivity contribution is -0.151. The summed E-state index contributed by atoms with van der Waals surface area (Å²) in [5.74, 6) is -0.626. The highest BCUT2D eigenvalue weighted by atomic mass is 16.4. The Balaban J connectivity index is 2.00. The molecule has 88 valence electrons. The van der Waals surface area contributed by atoms with Crippen LogP contribution in [0.3, 0.4) is 0 Å². The first-order chi connectivity index (χ1) is 7.73. The molecular formula is C12H18N2O2. The molecule has 0 aliphatic heterocycles. The molecule has 1 aromatic heterocycles. The topological polar surface area (TPSA) is 55.1 Å². The summed E-state index contributed by atoms with van der Waals surface area (Å²) in [6.45, 7) is 0.708.